The van der Waals surface area contributed by atoms with Crippen LogP contribution in [0.5, 0.6) is 11.5 Å². The Morgan fingerprint density at radius 2 is 0.977 bits per heavy atom. The molecule has 0 amide bonds. The summed E-state index contributed by atoms with van der Waals surface area (Å²) in [5.41, 5.74) is 8.99. The summed E-state index contributed by atoms with van der Waals surface area (Å²) < 4.78 is 12.8. The Balaban J connectivity index is 1.30. The lowest BCUT2D eigenvalue weighted by Crippen LogP contribution is -1.98. The molecule has 8 aromatic carbocycles. The van der Waals surface area contributed by atoms with Crippen molar-refractivity contribution in [1.82, 2.24) is 0 Å². The molecule has 0 spiro atoms. The number of hydrogen-bond acceptors (Lipinski definition) is 2. The van der Waals surface area contributed by atoms with Gasteiger partial charge >= 0.3 is 0 Å². The molecule has 0 atom stereocenters. The van der Waals surface area contributed by atoms with Crippen LogP contribution in [0, 0.1) is 0 Å². The van der Waals surface area contributed by atoms with Crippen LogP contribution in [0.4, 0.5) is 0 Å². The Kier molecular flexibility index (Phi) is 4.75. The maximum absolute atomic E-state index is 6.45. The predicted molar refractivity (Wildman–Crippen MR) is 183 cm³/mol. The molecule has 1 aromatic heterocycles. The largest absolute Gasteiger partial charge is 0.456 e. The average molecular weight is 561 g/mol. The molecule has 0 saturated carbocycles. The molecule has 0 N–H and O–H groups in total. The zero-order valence-electron chi connectivity index (χ0n) is 23.7. The van der Waals surface area contributed by atoms with E-state index in [1.165, 1.54) is 60.1 Å². The maximum Gasteiger partial charge on any atom is 0.136 e. The Morgan fingerprint density at radius 3 is 1.75 bits per heavy atom. The molecule has 1 aliphatic rings. The average Bonchev–Trinajstić information content (AvgIpc) is 3.47. The number of rotatable bonds is 2. The van der Waals surface area contributed by atoms with Gasteiger partial charge in [-0.15, -0.1) is 0 Å². The monoisotopic (exact) mass is 560 g/mol. The van der Waals surface area contributed by atoms with Crippen molar-refractivity contribution in [2.75, 3.05) is 0 Å². The highest BCUT2D eigenvalue weighted by atomic mass is 16.5. The first kappa shape index (κ1) is 23.7. The third-order valence-electron chi connectivity index (χ3n) is 9.25. The standard InChI is InChI=1S/C42H24O2/c1-3-14-29-27(12-1)39(26-22-23-36-34(24-26)31-17-7-10-25-11-8-20-37(44-36)40(25)31)28-13-2-4-15-30(28)41(29)33-18-9-21-38-42(33)32-16-5-6-19-35(32)43-38/h1-24H. The lowest BCUT2D eigenvalue weighted by molar-refractivity contribution is 0.487. The number of para-hydroxylation sites is 1. The molecule has 10 rings (SSSR count). The predicted octanol–water partition coefficient (Wildman–Crippen LogP) is 12.2. The van der Waals surface area contributed by atoms with Crippen LogP contribution < -0.4 is 4.74 Å². The minimum atomic E-state index is 0.892. The lowest BCUT2D eigenvalue weighted by atomic mass is 9.84. The molecule has 9 aromatic rings. The van der Waals surface area contributed by atoms with Gasteiger partial charge in [0.15, 0.2) is 0 Å². The topological polar surface area (TPSA) is 22.4 Å². The van der Waals surface area contributed by atoms with E-state index in [9.17, 15) is 0 Å². The van der Waals surface area contributed by atoms with Crippen LogP contribution in [0.2, 0.25) is 0 Å². The summed E-state index contributed by atoms with van der Waals surface area (Å²) in [5.74, 6) is 1.81. The molecule has 44 heavy (non-hydrogen) atoms. The third kappa shape index (κ3) is 3.20. The minimum Gasteiger partial charge on any atom is -0.456 e. The Labute approximate surface area is 253 Å². The summed E-state index contributed by atoms with van der Waals surface area (Å²) >= 11 is 0. The molecule has 2 heterocycles. The first-order valence-corrected chi connectivity index (χ1v) is 15.0. The van der Waals surface area contributed by atoms with Crippen LogP contribution in [0.25, 0.3) is 87.6 Å². The smallest absolute Gasteiger partial charge is 0.136 e. The van der Waals surface area contributed by atoms with E-state index >= 15 is 0 Å². The zero-order valence-corrected chi connectivity index (χ0v) is 23.7. The van der Waals surface area contributed by atoms with Crippen LogP contribution in [0.1, 0.15) is 0 Å². The summed E-state index contributed by atoms with van der Waals surface area (Å²) in [7, 11) is 0. The normalized spacial score (nSPS) is 12.3. The van der Waals surface area contributed by atoms with E-state index in [0.29, 0.717) is 0 Å². The first-order chi connectivity index (χ1) is 21.8. The molecule has 1 aliphatic heterocycles. The SMILES string of the molecule is c1cc2c3c(cccc3c1)-c1cc(-c3c4ccccc4c(-c4cccc5oc6ccccc6c45)c4ccccc34)ccc1O2. The summed E-state index contributed by atoms with van der Waals surface area (Å²) in [6.07, 6.45) is 0. The number of fused-ring (bicyclic) bond motifs is 7. The van der Waals surface area contributed by atoms with Gasteiger partial charge in [-0.1, -0.05) is 115 Å². The second-order valence-corrected chi connectivity index (χ2v) is 11.6. The fraction of sp³-hybridized carbons (Fsp3) is 0. The van der Waals surface area contributed by atoms with Gasteiger partial charge in [-0.25, -0.2) is 0 Å². The van der Waals surface area contributed by atoms with Gasteiger partial charge in [0.1, 0.15) is 22.7 Å². The molecule has 2 heteroatoms. The number of benzene rings is 8. The van der Waals surface area contributed by atoms with Crippen molar-refractivity contribution in [2.24, 2.45) is 0 Å². The van der Waals surface area contributed by atoms with E-state index < -0.39 is 0 Å². The van der Waals surface area contributed by atoms with E-state index in [2.05, 4.69) is 140 Å². The van der Waals surface area contributed by atoms with Crippen molar-refractivity contribution < 1.29 is 9.15 Å². The molecule has 0 saturated heterocycles. The van der Waals surface area contributed by atoms with E-state index in [0.717, 1.165) is 39.0 Å². The van der Waals surface area contributed by atoms with Crippen LogP contribution in [-0.2, 0) is 0 Å². The van der Waals surface area contributed by atoms with E-state index in [1.807, 2.05) is 6.07 Å². The van der Waals surface area contributed by atoms with Crippen LogP contribution >= 0.6 is 0 Å². The van der Waals surface area contributed by atoms with Gasteiger partial charge < -0.3 is 9.15 Å². The third-order valence-corrected chi connectivity index (χ3v) is 9.25. The molecule has 204 valence electrons. The summed E-state index contributed by atoms with van der Waals surface area (Å²) in [4.78, 5) is 0. The lowest BCUT2D eigenvalue weighted by Gasteiger charge is -2.23. The van der Waals surface area contributed by atoms with Crippen LogP contribution in [-0.4, -0.2) is 0 Å². The molecule has 0 unspecified atom stereocenters. The van der Waals surface area contributed by atoms with Crippen LogP contribution in [0.3, 0.4) is 0 Å². The Morgan fingerprint density at radius 1 is 0.364 bits per heavy atom. The highest BCUT2D eigenvalue weighted by Crippen LogP contribution is 2.50. The Bertz CT molecular complexity index is 2580. The highest BCUT2D eigenvalue weighted by molar-refractivity contribution is 6.25. The number of furan rings is 1. The van der Waals surface area contributed by atoms with Crippen molar-refractivity contribution in [3.05, 3.63) is 146 Å². The van der Waals surface area contributed by atoms with Gasteiger partial charge in [-0.3, -0.25) is 0 Å². The van der Waals surface area contributed by atoms with E-state index in [4.69, 9.17) is 9.15 Å². The van der Waals surface area contributed by atoms with E-state index in [1.54, 1.807) is 0 Å². The van der Waals surface area contributed by atoms with Gasteiger partial charge in [-0.05, 0) is 85.1 Å². The van der Waals surface area contributed by atoms with Crippen molar-refractivity contribution in [2.45, 2.75) is 0 Å². The number of hydrogen-bond donors (Lipinski definition) is 0. The quantitative estimate of drug-likeness (QED) is 0.196. The molecule has 0 radical (unpaired) electrons. The fourth-order valence-electron chi connectivity index (χ4n) is 7.43. The summed E-state index contributed by atoms with van der Waals surface area (Å²) in [5, 5.41) is 9.55. The van der Waals surface area contributed by atoms with Crippen molar-refractivity contribution in [3.8, 4) is 44.9 Å². The van der Waals surface area contributed by atoms with Gasteiger partial charge in [-0.2, -0.15) is 0 Å². The summed E-state index contributed by atoms with van der Waals surface area (Å²) in [6.45, 7) is 0. The van der Waals surface area contributed by atoms with Gasteiger partial charge in [0, 0.05) is 21.7 Å². The van der Waals surface area contributed by atoms with Crippen molar-refractivity contribution in [1.29, 1.82) is 0 Å². The van der Waals surface area contributed by atoms with Crippen LogP contribution in [0.15, 0.2) is 150 Å². The molecule has 0 bridgehead atoms. The molecule has 2 nitrogen and oxygen atoms in total. The van der Waals surface area contributed by atoms with Gasteiger partial charge in [0.2, 0.25) is 0 Å². The molecule has 0 fully saturated rings. The first-order valence-electron chi connectivity index (χ1n) is 15.0. The van der Waals surface area contributed by atoms with Crippen molar-refractivity contribution >= 4 is 54.3 Å². The van der Waals surface area contributed by atoms with Gasteiger partial charge in [0.25, 0.3) is 0 Å². The molecule has 0 aliphatic carbocycles. The summed E-state index contributed by atoms with van der Waals surface area (Å²) in [6, 6.07) is 51.9. The second-order valence-electron chi connectivity index (χ2n) is 11.6. The van der Waals surface area contributed by atoms with Crippen molar-refractivity contribution in [3.63, 3.8) is 0 Å². The van der Waals surface area contributed by atoms with E-state index in [-0.39, 0.29) is 0 Å². The maximum atomic E-state index is 6.45. The fourth-order valence-corrected chi connectivity index (χ4v) is 7.43. The van der Waals surface area contributed by atoms with Gasteiger partial charge in [0.05, 0.1) is 0 Å². The molecular formula is C42H24O2. The zero-order chi connectivity index (χ0) is 28.8. The Hall–Kier alpha value is -5.86. The number of ether oxygens (including phenoxy) is 1. The molecular weight excluding hydrogens is 536 g/mol. The minimum absolute atomic E-state index is 0.892. The second kappa shape index (κ2) is 8.82. The highest BCUT2D eigenvalue weighted by Gasteiger charge is 2.23.